The van der Waals surface area contributed by atoms with Gasteiger partial charge in [0.1, 0.15) is 12.1 Å². The molecule has 4 aliphatic rings. The summed E-state index contributed by atoms with van der Waals surface area (Å²) in [4.78, 5) is 61.0. The molecule has 3 heterocycles. The third kappa shape index (κ3) is 6.68. The highest BCUT2D eigenvalue weighted by Crippen LogP contribution is 2.50. The molecule has 0 spiro atoms. The Balaban J connectivity index is 0.810. The van der Waals surface area contributed by atoms with E-state index in [-0.39, 0.29) is 35.7 Å². The van der Waals surface area contributed by atoms with Gasteiger partial charge in [-0.15, -0.1) is 0 Å². The molecule has 4 amide bonds. The van der Waals surface area contributed by atoms with E-state index < -0.39 is 36.1 Å². The first-order valence-corrected chi connectivity index (χ1v) is 18.6. The van der Waals surface area contributed by atoms with E-state index in [0.717, 1.165) is 18.4 Å². The van der Waals surface area contributed by atoms with Crippen molar-refractivity contribution in [1.82, 2.24) is 14.8 Å². The number of oxazole rings is 1. The fourth-order valence-corrected chi connectivity index (χ4v) is 8.26. The van der Waals surface area contributed by atoms with Crippen LogP contribution in [0.25, 0.3) is 22.8 Å². The summed E-state index contributed by atoms with van der Waals surface area (Å²) < 4.78 is 6.07. The van der Waals surface area contributed by atoms with Gasteiger partial charge >= 0.3 is 0 Å². The van der Waals surface area contributed by atoms with Crippen LogP contribution in [0.15, 0.2) is 120 Å². The highest BCUT2D eigenvalue weighted by molar-refractivity contribution is 6.00. The first kappa shape index (κ1) is 34.6. The van der Waals surface area contributed by atoms with Crippen LogP contribution in [0.4, 0.5) is 11.4 Å². The molecule has 0 unspecified atom stereocenters. The van der Waals surface area contributed by atoms with Gasteiger partial charge in [-0.2, -0.15) is 0 Å². The third-order valence-corrected chi connectivity index (χ3v) is 11.4. The van der Waals surface area contributed by atoms with Gasteiger partial charge in [0, 0.05) is 34.6 Å². The number of aliphatic hydroxyl groups is 2. The van der Waals surface area contributed by atoms with Crippen molar-refractivity contribution in [2.24, 2.45) is 11.8 Å². The molecule has 278 valence electrons. The van der Waals surface area contributed by atoms with Gasteiger partial charge in [0.2, 0.25) is 17.7 Å². The third-order valence-electron chi connectivity index (χ3n) is 11.4. The van der Waals surface area contributed by atoms with Crippen LogP contribution < -0.4 is 10.6 Å². The summed E-state index contributed by atoms with van der Waals surface area (Å²) in [5.41, 5.74) is 3.58. The molecule has 8 atom stereocenters. The molecule has 4 fully saturated rings. The lowest BCUT2D eigenvalue weighted by Crippen LogP contribution is -2.47. The Bertz CT molecular complexity index is 2090. The molecule has 12 nitrogen and oxygen atoms in total. The summed E-state index contributed by atoms with van der Waals surface area (Å²) in [6, 6.07) is 30.4. The average Bonchev–Trinajstić information content (AvgIpc) is 3.99. The predicted molar refractivity (Wildman–Crippen MR) is 202 cm³/mol. The van der Waals surface area contributed by atoms with E-state index in [0.29, 0.717) is 52.6 Å². The topological polar surface area (TPSA) is 165 Å². The number of carbonyl (C=O) groups excluding carboxylic acids is 4. The highest BCUT2D eigenvalue weighted by Gasteiger charge is 2.58. The molecule has 9 rings (SSSR count). The van der Waals surface area contributed by atoms with Crippen molar-refractivity contribution in [3.05, 3.63) is 127 Å². The molecule has 1 aromatic heterocycles. The number of rotatable bonds is 10. The van der Waals surface area contributed by atoms with Gasteiger partial charge in [0.15, 0.2) is 18.0 Å². The number of aliphatic hydroxyl groups excluding tert-OH is 2. The van der Waals surface area contributed by atoms with Crippen LogP contribution in [-0.4, -0.2) is 72.8 Å². The van der Waals surface area contributed by atoms with Gasteiger partial charge in [-0.3, -0.25) is 19.2 Å². The fraction of sp³-hybridized carbons (Fsp3) is 0.279. The fourth-order valence-electron chi connectivity index (χ4n) is 8.26. The average molecular weight is 738 g/mol. The molecule has 55 heavy (non-hydrogen) atoms. The minimum absolute atomic E-state index is 0.0222. The molecular weight excluding hydrogens is 699 g/mol. The zero-order valence-electron chi connectivity index (χ0n) is 29.7. The zero-order valence-corrected chi connectivity index (χ0v) is 29.7. The second-order valence-corrected chi connectivity index (χ2v) is 14.9. The van der Waals surface area contributed by atoms with E-state index in [2.05, 4.69) is 15.6 Å². The van der Waals surface area contributed by atoms with Crippen molar-refractivity contribution >= 4 is 35.0 Å². The Morgan fingerprint density at radius 3 is 1.49 bits per heavy atom. The summed E-state index contributed by atoms with van der Waals surface area (Å²) >= 11 is 0. The molecule has 4 aromatic carbocycles. The van der Waals surface area contributed by atoms with Gasteiger partial charge in [-0.05, 0) is 97.2 Å². The molecule has 12 heteroatoms. The van der Waals surface area contributed by atoms with Crippen molar-refractivity contribution in [2.45, 2.75) is 62.1 Å². The Morgan fingerprint density at radius 1 is 0.600 bits per heavy atom. The van der Waals surface area contributed by atoms with Crippen molar-refractivity contribution in [3.8, 4) is 22.8 Å². The second kappa shape index (κ2) is 13.9. The van der Waals surface area contributed by atoms with Gasteiger partial charge in [-0.25, -0.2) is 4.98 Å². The van der Waals surface area contributed by atoms with Crippen LogP contribution in [0, 0.1) is 11.8 Å². The molecule has 2 saturated heterocycles. The maximum atomic E-state index is 13.4. The van der Waals surface area contributed by atoms with E-state index in [4.69, 9.17) is 4.42 Å². The summed E-state index contributed by atoms with van der Waals surface area (Å²) in [7, 11) is 0. The Hall–Kier alpha value is -6.11. The number of carbonyl (C=O) groups is 4. The highest BCUT2D eigenvalue weighted by atomic mass is 16.4. The number of amides is 4. The van der Waals surface area contributed by atoms with Gasteiger partial charge in [0.05, 0.1) is 6.20 Å². The standard InChI is InChI=1S/C43H39N5O7/c49-37(25-7-3-1-4-8-25)42(53)47-32-19-28(32)21-34(47)39(51)45-30-15-11-24(12-16-30)36-23-44-41(55-36)27-13-17-31(18-14-27)46-40(52)35-22-29-20-33(29)48(35)43(54)38(50)26-9-5-2-6-10-26/h1-18,23,28-29,32-35,37-38,49-50H,19-22H2,(H,45,51)(H,46,52)/t28-,29-,32-,33-,34-,35-,37+,38+/m0/s1. The molecule has 5 aromatic rings. The first-order chi connectivity index (χ1) is 26.7. The van der Waals surface area contributed by atoms with Gasteiger partial charge in [0.25, 0.3) is 11.8 Å². The van der Waals surface area contributed by atoms with E-state index in [1.54, 1.807) is 101 Å². The summed E-state index contributed by atoms with van der Waals surface area (Å²) in [5, 5.41) is 27.4. The normalized spacial score (nSPS) is 24.3. The molecule has 0 radical (unpaired) electrons. The number of anilines is 2. The van der Waals surface area contributed by atoms with Crippen molar-refractivity contribution in [3.63, 3.8) is 0 Å². The lowest BCUT2D eigenvalue weighted by atomic mass is 10.1. The lowest BCUT2D eigenvalue weighted by molar-refractivity contribution is -0.145. The number of aromatic nitrogens is 1. The first-order valence-electron chi connectivity index (χ1n) is 18.6. The second-order valence-electron chi connectivity index (χ2n) is 14.9. The number of benzene rings is 4. The van der Waals surface area contributed by atoms with Crippen LogP contribution in [-0.2, 0) is 19.2 Å². The SMILES string of the molecule is O=C(Nc1ccc(-c2cnc(-c3ccc(NC(=O)[C@@H]4C[C@@H]5C[C@@H]5N4C(=O)[C@H](O)c4ccccc4)cc3)o2)cc1)[C@@H]1C[C@@H]2C[C@@H]2N1C(=O)[C@H](O)c1ccccc1. The molecule has 2 saturated carbocycles. The number of piperidine rings is 2. The summed E-state index contributed by atoms with van der Waals surface area (Å²) in [6.07, 6.45) is 1.80. The van der Waals surface area contributed by atoms with E-state index in [1.165, 1.54) is 0 Å². The Morgan fingerprint density at radius 2 is 1.04 bits per heavy atom. The van der Waals surface area contributed by atoms with E-state index >= 15 is 0 Å². The lowest BCUT2D eigenvalue weighted by Gasteiger charge is -2.29. The number of fused-ring (bicyclic) bond motifs is 2. The minimum Gasteiger partial charge on any atom is -0.436 e. The Labute approximate surface area is 316 Å². The van der Waals surface area contributed by atoms with Crippen LogP contribution in [0.2, 0.25) is 0 Å². The van der Waals surface area contributed by atoms with E-state index in [9.17, 15) is 29.4 Å². The number of likely N-dealkylation sites (tertiary alicyclic amines) is 2. The number of nitrogens with zero attached hydrogens (tertiary/aromatic N) is 3. The summed E-state index contributed by atoms with van der Waals surface area (Å²) in [6.45, 7) is 0. The minimum atomic E-state index is -1.32. The molecule has 0 bridgehead atoms. The molecule has 2 aliphatic carbocycles. The summed E-state index contributed by atoms with van der Waals surface area (Å²) in [5.74, 6) is -0.0373. The largest absolute Gasteiger partial charge is 0.436 e. The molecule has 2 aliphatic heterocycles. The maximum absolute atomic E-state index is 13.4. The van der Waals surface area contributed by atoms with Crippen LogP contribution in [0.5, 0.6) is 0 Å². The van der Waals surface area contributed by atoms with Crippen LogP contribution in [0.1, 0.15) is 49.0 Å². The van der Waals surface area contributed by atoms with Crippen molar-refractivity contribution in [1.29, 1.82) is 0 Å². The smallest absolute Gasteiger partial charge is 0.256 e. The molecular formula is C43H39N5O7. The number of hydrogen-bond donors (Lipinski definition) is 4. The molecule has 4 N–H and O–H groups in total. The van der Waals surface area contributed by atoms with Crippen LogP contribution >= 0.6 is 0 Å². The van der Waals surface area contributed by atoms with Gasteiger partial charge in [-0.1, -0.05) is 60.7 Å². The van der Waals surface area contributed by atoms with Crippen molar-refractivity contribution < 1.29 is 33.8 Å². The monoisotopic (exact) mass is 737 g/mol. The van der Waals surface area contributed by atoms with Crippen molar-refractivity contribution in [2.75, 3.05) is 10.6 Å². The van der Waals surface area contributed by atoms with Crippen LogP contribution in [0.3, 0.4) is 0 Å². The van der Waals surface area contributed by atoms with Gasteiger partial charge < -0.3 is 35.1 Å². The quantitative estimate of drug-likeness (QED) is 0.149. The number of nitrogens with one attached hydrogen (secondary N) is 2. The maximum Gasteiger partial charge on any atom is 0.256 e. The zero-order chi connectivity index (χ0) is 37.8. The number of hydrogen-bond acceptors (Lipinski definition) is 8. The predicted octanol–water partition coefficient (Wildman–Crippen LogP) is 5.33. The van der Waals surface area contributed by atoms with E-state index in [1.807, 2.05) is 24.3 Å². The Kier molecular flexibility index (Phi) is 8.78.